The van der Waals surface area contributed by atoms with Crippen LogP contribution in [0.3, 0.4) is 0 Å². The second-order valence-electron chi connectivity index (χ2n) is 4.69. The lowest BCUT2D eigenvalue weighted by atomic mass is 10.1. The van der Waals surface area contributed by atoms with E-state index in [-0.39, 0.29) is 5.75 Å². The number of hydrogen-bond donors (Lipinski definition) is 2. The van der Waals surface area contributed by atoms with Crippen LogP contribution in [0.2, 0.25) is 5.02 Å². The molecule has 0 saturated carbocycles. The molecule has 2 N–H and O–H groups in total. The highest BCUT2D eigenvalue weighted by atomic mass is 35.5. The molecule has 0 atom stereocenters. The van der Waals surface area contributed by atoms with Gasteiger partial charge in [0.2, 0.25) is 0 Å². The van der Waals surface area contributed by atoms with Crippen molar-refractivity contribution in [3.05, 3.63) is 52.0 Å². The predicted molar refractivity (Wildman–Crippen MR) is 82.9 cm³/mol. The zero-order chi connectivity index (χ0) is 14.7. The van der Waals surface area contributed by atoms with Gasteiger partial charge in [-0.05, 0) is 31.5 Å². The molecule has 0 saturated heterocycles. The van der Waals surface area contributed by atoms with Gasteiger partial charge in [0.1, 0.15) is 11.5 Å². The van der Waals surface area contributed by atoms with Crippen LogP contribution in [0.4, 0.5) is 5.69 Å². The third-order valence-electron chi connectivity index (χ3n) is 3.35. The van der Waals surface area contributed by atoms with Crippen LogP contribution in [0.15, 0.2) is 30.3 Å². The fraction of sp³-hybridized carbons (Fsp3) is 0.250. The van der Waals surface area contributed by atoms with Crippen LogP contribution >= 0.6 is 11.6 Å². The van der Waals surface area contributed by atoms with E-state index >= 15 is 0 Å². The Morgan fingerprint density at radius 2 is 1.95 bits per heavy atom. The van der Waals surface area contributed by atoms with Crippen LogP contribution in [0, 0.1) is 13.8 Å². The zero-order valence-corrected chi connectivity index (χ0v) is 12.6. The Morgan fingerprint density at radius 3 is 2.65 bits per heavy atom. The van der Waals surface area contributed by atoms with Crippen LogP contribution in [0.1, 0.15) is 16.7 Å². The number of phenols is 1. The number of ether oxygens (including phenoxy) is 1. The number of methoxy groups -OCH3 is 1. The van der Waals surface area contributed by atoms with Crippen molar-refractivity contribution in [2.75, 3.05) is 12.4 Å². The maximum absolute atomic E-state index is 9.89. The zero-order valence-electron chi connectivity index (χ0n) is 11.8. The van der Waals surface area contributed by atoms with Gasteiger partial charge in [-0.1, -0.05) is 29.8 Å². The number of aromatic hydroxyl groups is 1. The fourth-order valence-corrected chi connectivity index (χ4v) is 2.42. The van der Waals surface area contributed by atoms with Crippen LogP contribution in [0.5, 0.6) is 11.5 Å². The van der Waals surface area contributed by atoms with E-state index in [4.69, 9.17) is 16.3 Å². The normalized spacial score (nSPS) is 10.4. The van der Waals surface area contributed by atoms with Crippen molar-refractivity contribution in [1.82, 2.24) is 0 Å². The SMILES string of the molecule is COc1c(C)ccc(NCc2cccc(Cl)c2O)c1C. The summed E-state index contributed by atoms with van der Waals surface area (Å²) < 4.78 is 5.40. The van der Waals surface area contributed by atoms with E-state index in [0.717, 1.165) is 28.1 Å². The van der Waals surface area contributed by atoms with Gasteiger partial charge in [0, 0.05) is 23.4 Å². The molecule has 20 heavy (non-hydrogen) atoms. The van der Waals surface area contributed by atoms with E-state index < -0.39 is 0 Å². The van der Waals surface area contributed by atoms with E-state index in [2.05, 4.69) is 5.32 Å². The monoisotopic (exact) mass is 291 g/mol. The first-order valence-electron chi connectivity index (χ1n) is 6.39. The molecule has 0 fully saturated rings. The largest absolute Gasteiger partial charge is 0.506 e. The molecule has 0 amide bonds. The molecule has 0 unspecified atom stereocenters. The summed E-state index contributed by atoms with van der Waals surface area (Å²) in [5.41, 5.74) is 3.89. The summed E-state index contributed by atoms with van der Waals surface area (Å²) in [6.07, 6.45) is 0. The lowest BCUT2D eigenvalue weighted by Crippen LogP contribution is -2.03. The van der Waals surface area contributed by atoms with E-state index in [0.29, 0.717) is 11.6 Å². The highest BCUT2D eigenvalue weighted by Gasteiger charge is 2.09. The van der Waals surface area contributed by atoms with Crippen molar-refractivity contribution < 1.29 is 9.84 Å². The van der Waals surface area contributed by atoms with Gasteiger partial charge in [-0.2, -0.15) is 0 Å². The van der Waals surface area contributed by atoms with Gasteiger partial charge >= 0.3 is 0 Å². The van der Waals surface area contributed by atoms with Crippen molar-refractivity contribution in [2.24, 2.45) is 0 Å². The number of rotatable bonds is 4. The molecular formula is C16H18ClNO2. The number of para-hydroxylation sites is 1. The number of aryl methyl sites for hydroxylation is 1. The minimum atomic E-state index is 0.124. The Bertz CT molecular complexity index is 626. The Balaban J connectivity index is 2.21. The second-order valence-corrected chi connectivity index (χ2v) is 5.10. The molecule has 0 spiro atoms. The van der Waals surface area contributed by atoms with Gasteiger partial charge in [-0.25, -0.2) is 0 Å². The Hall–Kier alpha value is -1.87. The van der Waals surface area contributed by atoms with Gasteiger partial charge < -0.3 is 15.2 Å². The summed E-state index contributed by atoms with van der Waals surface area (Å²) in [6.45, 7) is 4.52. The van der Waals surface area contributed by atoms with E-state index in [1.165, 1.54) is 0 Å². The molecule has 0 radical (unpaired) electrons. The number of benzene rings is 2. The Kier molecular flexibility index (Phi) is 4.40. The van der Waals surface area contributed by atoms with Gasteiger partial charge in [0.15, 0.2) is 0 Å². The van der Waals surface area contributed by atoms with Crippen LogP contribution in [0.25, 0.3) is 0 Å². The molecule has 106 valence electrons. The molecule has 4 heteroatoms. The molecule has 0 aliphatic carbocycles. The third-order valence-corrected chi connectivity index (χ3v) is 3.65. The first-order valence-corrected chi connectivity index (χ1v) is 6.76. The molecular weight excluding hydrogens is 274 g/mol. The summed E-state index contributed by atoms with van der Waals surface area (Å²) >= 11 is 5.90. The maximum atomic E-state index is 9.89. The average Bonchev–Trinajstić information content (AvgIpc) is 2.43. The maximum Gasteiger partial charge on any atom is 0.139 e. The van der Waals surface area contributed by atoms with Gasteiger partial charge in [0.25, 0.3) is 0 Å². The Morgan fingerprint density at radius 1 is 1.20 bits per heavy atom. The first-order chi connectivity index (χ1) is 9.54. The summed E-state index contributed by atoms with van der Waals surface area (Å²) in [6, 6.07) is 9.35. The van der Waals surface area contributed by atoms with E-state index in [9.17, 15) is 5.11 Å². The van der Waals surface area contributed by atoms with Crippen molar-refractivity contribution in [3.8, 4) is 11.5 Å². The van der Waals surface area contributed by atoms with E-state index in [1.54, 1.807) is 13.2 Å². The van der Waals surface area contributed by atoms with Crippen LogP contribution < -0.4 is 10.1 Å². The molecule has 0 aliphatic heterocycles. The molecule has 3 nitrogen and oxygen atoms in total. The number of phenolic OH excluding ortho intramolecular Hbond substituents is 1. The smallest absolute Gasteiger partial charge is 0.139 e. The van der Waals surface area contributed by atoms with Gasteiger partial charge in [0.05, 0.1) is 12.1 Å². The van der Waals surface area contributed by atoms with Crippen molar-refractivity contribution in [3.63, 3.8) is 0 Å². The molecule has 0 heterocycles. The standard InChI is InChI=1S/C16H18ClNO2/c1-10-7-8-14(11(2)16(10)20-3)18-9-12-5-4-6-13(17)15(12)19/h4-8,18-19H,9H2,1-3H3. The quantitative estimate of drug-likeness (QED) is 0.883. The van der Waals surface area contributed by atoms with Crippen LogP contribution in [-0.4, -0.2) is 12.2 Å². The fourth-order valence-electron chi connectivity index (χ4n) is 2.23. The third kappa shape index (κ3) is 2.83. The van der Waals surface area contributed by atoms with Gasteiger partial charge in [-0.15, -0.1) is 0 Å². The predicted octanol–water partition coefficient (Wildman–Crippen LogP) is 4.28. The molecule has 2 aromatic carbocycles. The highest BCUT2D eigenvalue weighted by molar-refractivity contribution is 6.32. The lowest BCUT2D eigenvalue weighted by Gasteiger charge is -2.15. The summed E-state index contributed by atoms with van der Waals surface area (Å²) in [5.74, 6) is 1.00. The number of nitrogens with one attached hydrogen (secondary N) is 1. The summed E-state index contributed by atoms with van der Waals surface area (Å²) in [7, 11) is 1.67. The first kappa shape index (κ1) is 14.5. The molecule has 0 aliphatic rings. The molecule has 2 rings (SSSR count). The minimum Gasteiger partial charge on any atom is -0.506 e. The average molecular weight is 292 g/mol. The highest BCUT2D eigenvalue weighted by Crippen LogP contribution is 2.31. The summed E-state index contributed by atoms with van der Waals surface area (Å²) in [4.78, 5) is 0. The number of anilines is 1. The number of hydrogen-bond acceptors (Lipinski definition) is 3. The molecule has 2 aromatic rings. The van der Waals surface area contributed by atoms with Crippen LogP contribution in [-0.2, 0) is 6.54 Å². The molecule has 0 bridgehead atoms. The lowest BCUT2D eigenvalue weighted by molar-refractivity contribution is 0.409. The summed E-state index contributed by atoms with van der Waals surface area (Å²) in [5, 5.41) is 13.6. The van der Waals surface area contributed by atoms with Crippen molar-refractivity contribution in [1.29, 1.82) is 0 Å². The Labute approximate surface area is 124 Å². The minimum absolute atomic E-state index is 0.124. The second kappa shape index (κ2) is 6.06. The van der Waals surface area contributed by atoms with Crippen molar-refractivity contribution in [2.45, 2.75) is 20.4 Å². The number of halogens is 1. The van der Waals surface area contributed by atoms with E-state index in [1.807, 2.05) is 38.1 Å². The van der Waals surface area contributed by atoms with Gasteiger partial charge in [-0.3, -0.25) is 0 Å². The topological polar surface area (TPSA) is 41.5 Å². The van der Waals surface area contributed by atoms with Crippen molar-refractivity contribution >= 4 is 17.3 Å². The molecule has 0 aromatic heterocycles.